The number of rotatable bonds is 3. The van der Waals surface area contributed by atoms with E-state index in [1.165, 1.54) is 6.07 Å². The Labute approximate surface area is 165 Å². The lowest BCUT2D eigenvalue weighted by Crippen LogP contribution is -2.47. The molecule has 0 radical (unpaired) electrons. The van der Waals surface area contributed by atoms with Gasteiger partial charge >= 0.3 is 6.03 Å². The zero-order valence-corrected chi connectivity index (χ0v) is 16.3. The first-order valence-electron chi connectivity index (χ1n) is 10.5. The molecule has 7 heteroatoms. The van der Waals surface area contributed by atoms with E-state index in [2.05, 4.69) is 5.32 Å². The summed E-state index contributed by atoms with van der Waals surface area (Å²) in [6, 6.07) is 5.06. The van der Waals surface area contributed by atoms with Crippen molar-refractivity contribution in [3.05, 3.63) is 24.0 Å². The van der Waals surface area contributed by atoms with Crippen LogP contribution < -0.4 is 10.2 Å². The summed E-state index contributed by atoms with van der Waals surface area (Å²) >= 11 is 0. The van der Waals surface area contributed by atoms with Gasteiger partial charge < -0.3 is 20.0 Å². The molecule has 0 spiro atoms. The molecule has 152 valence electrons. The molecule has 3 fully saturated rings. The minimum absolute atomic E-state index is 0.0819. The molecule has 0 bridgehead atoms. The molecule has 4 rings (SSSR count). The first-order valence-corrected chi connectivity index (χ1v) is 10.5. The van der Waals surface area contributed by atoms with Crippen molar-refractivity contribution in [1.29, 1.82) is 0 Å². The number of likely N-dealkylation sites (tertiary alicyclic amines) is 2. The van der Waals surface area contributed by atoms with E-state index in [0.29, 0.717) is 37.3 Å². The maximum atomic E-state index is 14.4. The minimum Gasteiger partial charge on any atom is -0.369 e. The Hall–Kier alpha value is -2.31. The fourth-order valence-corrected chi connectivity index (χ4v) is 4.48. The number of carbonyl (C=O) groups excluding carboxylic acids is 2. The van der Waals surface area contributed by atoms with Crippen molar-refractivity contribution in [3.63, 3.8) is 0 Å². The van der Waals surface area contributed by atoms with E-state index >= 15 is 0 Å². The van der Waals surface area contributed by atoms with Crippen LogP contribution in [0.5, 0.6) is 0 Å². The average Bonchev–Trinajstić information content (AvgIpc) is 3.42. The molecule has 0 saturated carbocycles. The molecule has 3 heterocycles. The normalized spacial score (nSPS) is 20.7. The Balaban J connectivity index is 1.29. The quantitative estimate of drug-likeness (QED) is 0.865. The van der Waals surface area contributed by atoms with Gasteiger partial charge in [0.05, 0.1) is 5.69 Å². The van der Waals surface area contributed by atoms with E-state index in [-0.39, 0.29) is 23.7 Å². The lowest BCUT2D eigenvalue weighted by molar-refractivity contribution is -0.121. The van der Waals surface area contributed by atoms with Gasteiger partial charge in [-0.15, -0.1) is 0 Å². The Morgan fingerprint density at radius 2 is 1.50 bits per heavy atom. The molecular formula is C21H29FN4O2. The van der Waals surface area contributed by atoms with Gasteiger partial charge in [-0.3, -0.25) is 4.79 Å². The molecule has 3 aliphatic rings. The molecule has 0 unspecified atom stereocenters. The van der Waals surface area contributed by atoms with Crippen molar-refractivity contribution in [1.82, 2.24) is 9.80 Å². The Morgan fingerprint density at radius 3 is 2.14 bits per heavy atom. The van der Waals surface area contributed by atoms with E-state index in [9.17, 15) is 14.0 Å². The predicted octanol–water partition coefficient (Wildman–Crippen LogP) is 3.29. The van der Waals surface area contributed by atoms with Crippen LogP contribution >= 0.6 is 0 Å². The summed E-state index contributed by atoms with van der Waals surface area (Å²) in [5.41, 5.74) is 1.12. The summed E-state index contributed by atoms with van der Waals surface area (Å²) in [5, 5.41) is 2.86. The van der Waals surface area contributed by atoms with Crippen LogP contribution in [0.15, 0.2) is 18.2 Å². The van der Waals surface area contributed by atoms with Crippen LogP contribution in [0, 0.1) is 11.7 Å². The van der Waals surface area contributed by atoms with Gasteiger partial charge in [0.1, 0.15) is 5.82 Å². The van der Waals surface area contributed by atoms with Gasteiger partial charge in [0.15, 0.2) is 0 Å². The van der Waals surface area contributed by atoms with Crippen molar-refractivity contribution < 1.29 is 14.0 Å². The van der Waals surface area contributed by atoms with Crippen molar-refractivity contribution in [3.8, 4) is 0 Å². The van der Waals surface area contributed by atoms with Crippen LogP contribution in [-0.2, 0) is 4.79 Å². The summed E-state index contributed by atoms with van der Waals surface area (Å²) < 4.78 is 14.4. The number of amides is 3. The lowest BCUT2D eigenvalue weighted by Gasteiger charge is -2.34. The number of benzene rings is 1. The first-order chi connectivity index (χ1) is 13.6. The monoisotopic (exact) mass is 388 g/mol. The van der Waals surface area contributed by atoms with Crippen molar-refractivity contribution in [2.24, 2.45) is 5.92 Å². The molecule has 1 N–H and O–H groups in total. The number of nitrogens with zero attached hydrogens (tertiary/aromatic N) is 3. The smallest absolute Gasteiger partial charge is 0.319 e. The largest absolute Gasteiger partial charge is 0.369 e. The third kappa shape index (κ3) is 4.08. The highest BCUT2D eigenvalue weighted by molar-refractivity contribution is 5.93. The fraction of sp³-hybridized carbons (Fsp3) is 0.619. The van der Waals surface area contributed by atoms with Crippen LogP contribution in [0.25, 0.3) is 0 Å². The van der Waals surface area contributed by atoms with Gasteiger partial charge in [0.2, 0.25) is 5.91 Å². The van der Waals surface area contributed by atoms with Gasteiger partial charge in [-0.2, -0.15) is 0 Å². The van der Waals surface area contributed by atoms with Gasteiger partial charge in [-0.05, 0) is 56.7 Å². The zero-order chi connectivity index (χ0) is 19.5. The number of nitrogens with one attached hydrogen (secondary N) is 1. The predicted molar refractivity (Wildman–Crippen MR) is 107 cm³/mol. The summed E-state index contributed by atoms with van der Waals surface area (Å²) in [6.45, 7) is 4.68. The molecule has 1 aromatic carbocycles. The molecule has 6 nitrogen and oxygen atoms in total. The summed E-state index contributed by atoms with van der Waals surface area (Å²) in [7, 11) is 0. The van der Waals surface area contributed by atoms with Gasteiger partial charge in [0, 0.05) is 50.9 Å². The Kier molecular flexibility index (Phi) is 5.69. The van der Waals surface area contributed by atoms with Crippen molar-refractivity contribution >= 4 is 23.3 Å². The van der Waals surface area contributed by atoms with Crippen LogP contribution in [0.2, 0.25) is 0 Å². The SMILES string of the molecule is O=C(Nc1ccc(N2CCCC2)c(F)c1)C1CCN(C(=O)N2CCCC2)CC1. The highest BCUT2D eigenvalue weighted by atomic mass is 19.1. The molecule has 28 heavy (non-hydrogen) atoms. The van der Waals surface area contributed by atoms with Crippen molar-refractivity contribution in [2.75, 3.05) is 49.5 Å². The topological polar surface area (TPSA) is 55.9 Å². The number of hydrogen-bond donors (Lipinski definition) is 1. The molecule has 1 aromatic rings. The van der Waals surface area contributed by atoms with Crippen LogP contribution in [0.3, 0.4) is 0 Å². The van der Waals surface area contributed by atoms with Gasteiger partial charge in [0.25, 0.3) is 0 Å². The number of piperidine rings is 1. The Bertz CT molecular complexity index is 721. The number of urea groups is 1. The molecule has 0 atom stereocenters. The standard InChI is InChI=1S/C21H29FN4O2/c22-18-15-17(5-6-19(18)24-9-1-2-10-24)23-20(27)16-7-13-26(14-8-16)21(28)25-11-3-4-12-25/h5-6,15-16H,1-4,7-14H2,(H,23,27). The van der Waals surface area contributed by atoms with E-state index < -0.39 is 0 Å². The van der Waals surface area contributed by atoms with E-state index in [0.717, 1.165) is 51.9 Å². The zero-order valence-electron chi connectivity index (χ0n) is 16.3. The van der Waals surface area contributed by atoms with Crippen LogP contribution in [0.1, 0.15) is 38.5 Å². The molecule has 3 amide bonds. The summed E-state index contributed by atoms with van der Waals surface area (Å²) in [6.07, 6.45) is 5.66. The second-order valence-corrected chi connectivity index (χ2v) is 8.09. The summed E-state index contributed by atoms with van der Waals surface area (Å²) in [5.74, 6) is -0.503. The second-order valence-electron chi connectivity index (χ2n) is 8.09. The molecular weight excluding hydrogens is 359 g/mol. The average molecular weight is 388 g/mol. The van der Waals surface area contributed by atoms with E-state index in [4.69, 9.17) is 0 Å². The molecule has 0 aromatic heterocycles. The fourth-order valence-electron chi connectivity index (χ4n) is 4.48. The van der Waals surface area contributed by atoms with E-state index in [1.54, 1.807) is 12.1 Å². The van der Waals surface area contributed by atoms with Crippen LogP contribution in [0.4, 0.5) is 20.6 Å². The molecule has 0 aliphatic carbocycles. The maximum Gasteiger partial charge on any atom is 0.319 e. The minimum atomic E-state index is -0.286. The van der Waals surface area contributed by atoms with E-state index in [1.807, 2.05) is 14.7 Å². The third-order valence-corrected chi connectivity index (χ3v) is 6.17. The van der Waals surface area contributed by atoms with Gasteiger partial charge in [-0.25, -0.2) is 9.18 Å². The third-order valence-electron chi connectivity index (χ3n) is 6.17. The number of halogens is 1. The molecule has 3 saturated heterocycles. The second kappa shape index (κ2) is 8.37. The summed E-state index contributed by atoms with van der Waals surface area (Å²) in [4.78, 5) is 30.9. The number of anilines is 2. The van der Waals surface area contributed by atoms with Crippen LogP contribution in [-0.4, -0.2) is 61.0 Å². The van der Waals surface area contributed by atoms with Crippen molar-refractivity contribution in [2.45, 2.75) is 38.5 Å². The number of carbonyl (C=O) groups is 2. The lowest BCUT2D eigenvalue weighted by atomic mass is 9.96. The number of hydrogen-bond acceptors (Lipinski definition) is 3. The molecule has 3 aliphatic heterocycles. The van der Waals surface area contributed by atoms with Gasteiger partial charge in [-0.1, -0.05) is 0 Å². The maximum absolute atomic E-state index is 14.4. The highest BCUT2D eigenvalue weighted by Crippen LogP contribution is 2.27. The first kappa shape index (κ1) is 19.0. The Morgan fingerprint density at radius 1 is 0.893 bits per heavy atom. The highest BCUT2D eigenvalue weighted by Gasteiger charge is 2.30.